The molecule has 2 aromatic rings. The molecule has 2 amide bonds. The number of rotatable bonds is 8. The number of nitrogens with zero attached hydrogens (tertiary/aromatic N) is 1. The van der Waals surface area contributed by atoms with Crippen LogP contribution in [0.25, 0.3) is 0 Å². The quantitative estimate of drug-likeness (QED) is 0.690. The molecule has 154 valence electrons. The predicted molar refractivity (Wildman–Crippen MR) is 114 cm³/mol. The van der Waals surface area contributed by atoms with Crippen molar-refractivity contribution in [3.8, 4) is 5.75 Å². The van der Waals surface area contributed by atoms with Crippen LogP contribution >= 0.6 is 0 Å². The summed E-state index contributed by atoms with van der Waals surface area (Å²) in [7, 11) is 0. The Balaban J connectivity index is 1.45. The van der Waals surface area contributed by atoms with E-state index in [1.165, 1.54) is 11.1 Å². The van der Waals surface area contributed by atoms with Gasteiger partial charge < -0.3 is 15.0 Å². The van der Waals surface area contributed by atoms with Crippen LogP contribution in [0, 0.1) is 20.8 Å². The highest BCUT2D eigenvalue weighted by Gasteiger charge is 2.20. The molecular formula is C24H30N2O3. The molecule has 5 nitrogen and oxygen atoms in total. The van der Waals surface area contributed by atoms with Gasteiger partial charge in [0.05, 0.1) is 6.61 Å². The minimum Gasteiger partial charge on any atom is -0.493 e. The fourth-order valence-electron chi connectivity index (χ4n) is 3.61. The monoisotopic (exact) mass is 394 g/mol. The van der Waals surface area contributed by atoms with Crippen molar-refractivity contribution in [3.63, 3.8) is 0 Å². The number of carbonyl (C=O) groups excluding carboxylic acids is 2. The third-order valence-corrected chi connectivity index (χ3v) is 5.36. The zero-order chi connectivity index (χ0) is 20.8. The van der Waals surface area contributed by atoms with Crippen molar-refractivity contribution >= 4 is 11.8 Å². The molecule has 0 bridgehead atoms. The second kappa shape index (κ2) is 9.59. The minimum atomic E-state index is -0.0952. The van der Waals surface area contributed by atoms with E-state index < -0.39 is 0 Å². The Morgan fingerprint density at radius 2 is 2.00 bits per heavy atom. The van der Waals surface area contributed by atoms with Gasteiger partial charge in [-0.3, -0.25) is 9.59 Å². The summed E-state index contributed by atoms with van der Waals surface area (Å²) in [4.78, 5) is 26.1. The Morgan fingerprint density at radius 3 is 2.76 bits per heavy atom. The van der Waals surface area contributed by atoms with E-state index in [1.54, 1.807) is 6.07 Å². The van der Waals surface area contributed by atoms with Gasteiger partial charge in [0.15, 0.2) is 0 Å². The van der Waals surface area contributed by atoms with Crippen LogP contribution in [0.2, 0.25) is 0 Å². The summed E-state index contributed by atoms with van der Waals surface area (Å²) in [6.07, 6.45) is 2.28. The lowest BCUT2D eigenvalue weighted by molar-refractivity contribution is -0.128. The summed E-state index contributed by atoms with van der Waals surface area (Å²) in [5.41, 5.74) is 5.19. The van der Waals surface area contributed by atoms with E-state index in [4.69, 9.17) is 4.74 Å². The summed E-state index contributed by atoms with van der Waals surface area (Å²) in [5, 5.41) is 2.95. The van der Waals surface area contributed by atoms with Crippen LogP contribution in [-0.2, 0) is 11.3 Å². The lowest BCUT2D eigenvalue weighted by atomic mass is 10.1. The van der Waals surface area contributed by atoms with Crippen LogP contribution < -0.4 is 10.1 Å². The molecule has 1 fully saturated rings. The number of amides is 2. The Kier molecular flexibility index (Phi) is 6.91. The highest BCUT2D eigenvalue weighted by atomic mass is 16.5. The van der Waals surface area contributed by atoms with Crippen LogP contribution in [0.4, 0.5) is 0 Å². The molecule has 3 rings (SSSR count). The maximum absolute atomic E-state index is 12.4. The number of likely N-dealkylation sites (tertiary alicyclic amines) is 1. The molecule has 1 aliphatic rings. The average Bonchev–Trinajstić information content (AvgIpc) is 3.09. The largest absolute Gasteiger partial charge is 0.493 e. The number of aryl methyl sites for hydroxylation is 2. The van der Waals surface area contributed by atoms with Gasteiger partial charge in [0.1, 0.15) is 5.75 Å². The fraction of sp³-hybridized carbons (Fsp3) is 0.417. The molecule has 2 aromatic carbocycles. The summed E-state index contributed by atoms with van der Waals surface area (Å²) >= 11 is 0. The lowest BCUT2D eigenvalue weighted by Gasteiger charge is -2.16. The van der Waals surface area contributed by atoms with Gasteiger partial charge in [-0.1, -0.05) is 18.2 Å². The van der Waals surface area contributed by atoms with E-state index >= 15 is 0 Å². The molecule has 0 atom stereocenters. The number of hydrogen-bond acceptors (Lipinski definition) is 3. The van der Waals surface area contributed by atoms with E-state index in [0.29, 0.717) is 31.7 Å². The van der Waals surface area contributed by atoms with Gasteiger partial charge in [0.2, 0.25) is 5.91 Å². The predicted octanol–water partition coefficient (Wildman–Crippen LogP) is 3.93. The van der Waals surface area contributed by atoms with Crippen molar-refractivity contribution in [1.29, 1.82) is 0 Å². The molecule has 0 spiro atoms. The second-order valence-electron chi connectivity index (χ2n) is 7.78. The zero-order valence-electron chi connectivity index (χ0n) is 17.6. The highest BCUT2D eigenvalue weighted by molar-refractivity contribution is 5.94. The van der Waals surface area contributed by atoms with E-state index in [1.807, 2.05) is 23.1 Å². The van der Waals surface area contributed by atoms with Gasteiger partial charge in [-0.05, 0) is 74.1 Å². The lowest BCUT2D eigenvalue weighted by Crippen LogP contribution is -2.26. The number of hydrogen-bond donors (Lipinski definition) is 1. The molecule has 0 aliphatic carbocycles. The van der Waals surface area contributed by atoms with Crippen molar-refractivity contribution < 1.29 is 14.3 Å². The summed E-state index contributed by atoms with van der Waals surface area (Å²) in [5.74, 6) is 1.01. The van der Waals surface area contributed by atoms with Crippen molar-refractivity contribution in [2.24, 2.45) is 0 Å². The van der Waals surface area contributed by atoms with E-state index in [0.717, 1.165) is 36.3 Å². The first kappa shape index (κ1) is 20.9. The van der Waals surface area contributed by atoms with Crippen molar-refractivity contribution in [2.75, 3.05) is 19.7 Å². The third kappa shape index (κ3) is 5.59. The normalized spacial score (nSPS) is 13.6. The van der Waals surface area contributed by atoms with Crippen molar-refractivity contribution in [1.82, 2.24) is 10.2 Å². The van der Waals surface area contributed by atoms with Crippen LogP contribution in [0.15, 0.2) is 36.4 Å². The molecule has 5 heteroatoms. The molecule has 1 saturated heterocycles. The van der Waals surface area contributed by atoms with Crippen molar-refractivity contribution in [2.45, 2.75) is 46.6 Å². The van der Waals surface area contributed by atoms with Gasteiger partial charge in [0.25, 0.3) is 5.91 Å². The van der Waals surface area contributed by atoms with Crippen molar-refractivity contribution in [3.05, 3.63) is 64.2 Å². The Morgan fingerprint density at radius 1 is 1.17 bits per heavy atom. The van der Waals surface area contributed by atoms with Gasteiger partial charge in [-0.15, -0.1) is 0 Å². The summed E-state index contributed by atoms with van der Waals surface area (Å²) < 4.78 is 5.90. The standard InChI is InChI=1S/C24H30N2O3/c1-17-13-18(2)19(3)22(14-17)29-12-6-10-25-24(28)21-8-4-7-20(15-21)16-26-11-5-9-23(26)27/h4,7-8,13-15H,5-6,9-12,16H2,1-3H3,(H,25,28). The van der Waals surface area contributed by atoms with E-state index in [-0.39, 0.29) is 11.8 Å². The smallest absolute Gasteiger partial charge is 0.251 e. The molecule has 0 radical (unpaired) electrons. The molecule has 0 saturated carbocycles. The molecule has 0 unspecified atom stereocenters. The number of ether oxygens (including phenoxy) is 1. The first-order valence-electron chi connectivity index (χ1n) is 10.3. The first-order chi connectivity index (χ1) is 13.9. The minimum absolute atomic E-state index is 0.0952. The number of benzene rings is 2. The Labute approximate surface area is 173 Å². The highest BCUT2D eigenvalue weighted by Crippen LogP contribution is 2.23. The summed E-state index contributed by atoms with van der Waals surface area (Å²) in [6.45, 7) is 8.70. The third-order valence-electron chi connectivity index (χ3n) is 5.36. The maximum atomic E-state index is 12.4. The van der Waals surface area contributed by atoms with Gasteiger partial charge >= 0.3 is 0 Å². The molecule has 1 N–H and O–H groups in total. The fourth-order valence-corrected chi connectivity index (χ4v) is 3.61. The van der Waals surface area contributed by atoms with Crippen LogP contribution in [0.3, 0.4) is 0 Å². The SMILES string of the molecule is Cc1cc(C)c(C)c(OCCCNC(=O)c2cccc(CN3CCCC3=O)c2)c1. The molecule has 0 aromatic heterocycles. The molecule has 1 heterocycles. The van der Waals surface area contributed by atoms with Crippen LogP contribution in [0.5, 0.6) is 5.75 Å². The van der Waals surface area contributed by atoms with E-state index in [9.17, 15) is 9.59 Å². The first-order valence-corrected chi connectivity index (χ1v) is 10.3. The Hall–Kier alpha value is -2.82. The zero-order valence-corrected chi connectivity index (χ0v) is 17.6. The van der Waals surface area contributed by atoms with Gasteiger partial charge in [-0.2, -0.15) is 0 Å². The number of carbonyl (C=O) groups is 2. The van der Waals surface area contributed by atoms with Gasteiger partial charge in [0, 0.05) is 31.6 Å². The summed E-state index contributed by atoms with van der Waals surface area (Å²) in [6, 6.07) is 11.7. The average molecular weight is 395 g/mol. The Bertz CT molecular complexity index is 892. The van der Waals surface area contributed by atoms with E-state index in [2.05, 4.69) is 38.2 Å². The molecule has 1 aliphatic heterocycles. The molecular weight excluding hydrogens is 364 g/mol. The van der Waals surface area contributed by atoms with Crippen LogP contribution in [0.1, 0.15) is 51.9 Å². The van der Waals surface area contributed by atoms with Crippen LogP contribution in [-0.4, -0.2) is 36.4 Å². The maximum Gasteiger partial charge on any atom is 0.251 e. The topological polar surface area (TPSA) is 58.6 Å². The second-order valence-corrected chi connectivity index (χ2v) is 7.78. The molecule has 29 heavy (non-hydrogen) atoms. The van der Waals surface area contributed by atoms with Gasteiger partial charge in [-0.25, -0.2) is 0 Å². The number of nitrogens with one attached hydrogen (secondary N) is 1.